The van der Waals surface area contributed by atoms with Crippen molar-refractivity contribution in [2.45, 2.75) is 13.0 Å². The van der Waals surface area contributed by atoms with Crippen molar-refractivity contribution >= 4 is 27.8 Å². The normalized spacial score (nSPS) is 11.6. The van der Waals surface area contributed by atoms with Crippen molar-refractivity contribution in [2.24, 2.45) is 0 Å². The van der Waals surface area contributed by atoms with Crippen molar-refractivity contribution in [2.75, 3.05) is 14.2 Å². The first-order chi connectivity index (χ1) is 8.90. The standard InChI is InChI=1S/C12H14BrNO5/c1-6(11(15)14-2)19-10-8(13)4-7(12(16)17)5-9(10)18-3/h4-6H,1-3H3,(H,14,15)(H,16,17). The lowest BCUT2D eigenvalue weighted by Crippen LogP contribution is -2.33. The quantitative estimate of drug-likeness (QED) is 0.857. The number of carbonyl (C=O) groups excluding carboxylic acids is 1. The molecule has 0 saturated carbocycles. The molecule has 0 saturated heterocycles. The molecule has 1 aromatic rings. The number of likely N-dealkylation sites (N-methyl/N-ethyl adjacent to an activating group) is 1. The minimum absolute atomic E-state index is 0.0590. The van der Waals surface area contributed by atoms with Gasteiger partial charge >= 0.3 is 5.97 Å². The number of aromatic carboxylic acids is 1. The molecule has 6 nitrogen and oxygen atoms in total. The predicted molar refractivity (Wildman–Crippen MR) is 71.8 cm³/mol. The second-order valence-corrected chi connectivity index (χ2v) is 4.52. The Morgan fingerprint density at radius 2 is 2.05 bits per heavy atom. The summed E-state index contributed by atoms with van der Waals surface area (Å²) >= 11 is 3.21. The fourth-order valence-corrected chi connectivity index (χ4v) is 1.93. The van der Waals surface area contributed by atoms with Gasteiger partial charge in [-0.2, -0.15) is 0 Å². The Morgan fingerprint density at radius 3 is 2.53 bits per heavy atom. The summed E-state index contributed by atoms with van der Waals surface area (Å²) in [4.78, 5) is 22.3. The van der Waals surface area contributed by atoms with Crippen molar-refractivity contribution < 1.29 is 24.2 Å². The lowest BCUT2D eigenvalue weighted by molar-refractivity contribution is -0.126. The van der Waals surface area contributed by atoms with Crippen LogP contribution in [0.5, 0.6) is 11.5 Å². The summed E-state index contributed by atoms with van der Waals surface area (Å²) in [5, 5.41) is 11.4. The van der Waals surface area contributed by atoms with Crippen LogP contribution in [0.25, 0.3) is 0 Å². The average Bonchev–Trinajstić information content (AvgIpc) is 2.39. The number of hydrogen-bond donors (Lipinski definition) is 2. The summed E-state index contributed by atoms with van der Waals surface area (Å²) in [6, 6.07) is 2.72. The number of carboxylic acid groups (broad SMARTS) is 1. The molecule has 0 fully saturated rings. The zero-order valence-corrected chi connectivity index (χ0v) is 12.3. The molecule has 2 N–H and O–H groups in total. The van der Waals surface area contributed by atoms with Crippen LogP contribution in [0.15, 0.2) is 16.6 Å². The fourth-order valence-electron chi connectivity index (χ4n) is 1.39. The van der Waals surface area contributed by atoms with Gasteiger partial charge in [-0.05, 0) is 35.0 Å². The van der Waals surface area contributed by atoms with Crippen LogP contribution in [-0.4, -0.2) is 37.2 Å². The van der Waals surface area contributed by atoms with Gasteiger partial charge in [0, 0.05) is 7.05 Å². The van der Waals surface area contributed by atoms with E-state index in [2.05, 4.69) is 21.2 Å². The number of rotatable bonds is 5. The SMILES string of the molecule is CNC(=O)C(C)Oc1c(Br)cc(C(=O)O)cc1OC. The number of nitrogens with one attached hydrogen (secondary N) is 1. The first-order valence-corrected chi connectivity index (χ1v) is 6.19. The number of carbonyl (C=O) groups is 2. The van der Waals surface area contributed by atoms with Crippen molar-refractivity contribution in [1.82, 2.24) is 5.32 Å². The average molecular weight is 332 g/mol. The Balaban J connectivity index is 3.13. The van der Waals surface area contributed by atoms with Crippen LogP contribution in [0, 0.1) is 0 Å². The molecule has 1 amide bonds. The number of hydrogen-bond acceptors (Lipinski definition) is 4. The zero-order valence-electron chi connectivity index (χ0n) is 10.7. The first-order valence-electron chi connectivity index (χ1n) is 5.39. The monoisotopic (exact) mass is 331 g/mol. The predicted octanol–water partition coefficient (Wildman–Crippen LogP) is 1.67. The molecule has 0 bridgehead atoms. The van der Waals surface area contributed by atoms with E-state index >= 15 is 0 Å². The highest BCUT2D eigenvalue weighted by Crippen LogP contribution is 2.37. The summed E-state index contributed by atoms with van der Waals surface area (Å²) in [5.41, 5.74) is 0.0590. The van der Waals surface area contributed by atoms with Crippen LogP contribution in [0.4, 0.5) is 0 Å². The molecule has 7 heteroatoms. The van der Waals surface area contributed by atoms with E-state index in [1.54, 1.807) is 6.92 Å². The molecular formula is C12H14BrNO5. The molecule has 1 unspecified atom stereocenters. The number of halogens is 1. The molecule has 0 aliphatic heterocycles. The molecule has 1 aromatic carbocycles. The van der Waals surface area contributed by atoms with Crippen LogP contribution >= 0.6 is 15.9 Å². The van der Waals surface area contributed by atoms with Gasteiger partial charge in [0.1, 0.15) is 0 Å². The lowest BCUT2D eigenvalue weighted by Gasteiger charge is -2.17. The molecule has 0 aliphatic carbocycles. The van der Waals surface area contributed by atoms with Crippen LogP contribution in [0.2, 0.25) is 0 Å². The Kier molecular flexibility index (Phi) is 5.17. The molecule has 0 aliphatic rings. The Morgan fingerprint density at radius 1 is 1.42 bits per heavy atom. The van der Waals surface area contributed by atoms with E-state index in [1.165, 1.54) is 26.3 Å². The smallest absolute Gasteiger partial charge is 0.335 e. The molecule has 1 rings (SSSR count). The Labute approximate surface area is 118 Å². The fraction of sp³-hybridized carbons (Fsp3) is 0.333. The first kappa shape index (κ1) is 15.3. The van der Waals surface area contributed by atoms with Crippen LogP contribution in [0.1, 0.15) is 17.3 Å². The van der Waals surface area contributed by atoms with Crippen LogP contribution < -0.4 is 14.8 Å². The highest BCUT2D eigenvalue weighted by Gasteiger charge is 2.20. The number of amides is 1. The second kappa shape index (κ2) is 6.42. The van der Waals surface area contributed by atoms with Crippen molar-refractivity contribution in [3.8, 4) is 11.5 Å². The molecule has 0 aromatic heterocycles. The highest BCUT2D eigenvalue weighted by molar-refractivity contribution is 9.10. The summed E-state index contributed by atoms with van der Waals surface area (Å²) in [6.07, 6.45) is -0.731. The van der Waals surface area contributed by atoms with E-state index in [0.29, 0.717) is 4.47 Å². The molecule has 0 spiro atoms. The van der Waals surface area contributed by atoms with E-state index in [-0.39, 0.29) is 23.0 Å². The van der Waals surface area contributed by atoms with Crippen LogP contribution in [0.3, 0.4) is 0 Å². The van der Waals surface area contributed by atoms with E-state index in [9.17, 15) is 9.59 Å². The molecule has 19 heavy (non-hydrogen) atoms. The number of carboxylic acids is 1. The maximum absolute atomic E-state index is 11.4. The molecular weight excluding hydrogens is 318 g/mol. The van der Waals surface area contributed by atoms with Gasteiger partial charge in [0.15, 0.2) is 17.6 Å². The van der Waals surface area contributed by atoms with Gasteiger partial charge in [0.05, 0.1) is 17.1 Å². The van der Waals surface area contributed by atoms with E-state index in [1.807, 2.05) is 0 Å². The van der Waals surface area contributed by atoms with Crippen molar-refractivity contribution in [3.63, 3.8) is 0 Å². The highest BCUT2D eigenvalue weighted by atomic mass is 79.9. The summed E-state index contributed by atoms with van der Waals surface area (Å²) in [6.45, 7) is 1.58. The third-order valence-electron chi connectivity index (χ3n) is 2.39. The third kappa shape index (κ3) is 3.60. The van der Waals surface area contributed by atoms with Gasteiger partial charge in [-0.3, -0.25) is 4.79 Å². The van der Waals surface area contributed by atoms with Gasteiger partial charge in [-0.25, -0.2) is 4.79 Å². The maximum Gasteiger partial charge on any atom is 0.335 e. The minimum Gasteiger partial charge on any atom is -0.493 e. The van der Waals surface area contributed by atoms with Crippen molar-refractivity contribution in [3.05, 3.63) is 22.2 Å². The number of methoxy groups -OCH3 is 1. The lowest BCUT2D eigenvalue weighted by atomic mass is 10.2. The Hall–Kier alpha value is -1.76. The molecule has 104 valence electrons. The summed E-state index contributed by atoms with van der Waals surface area (Å²) in [5.74, 6) is -0.854. The Bertz CT molecular complexity index is 503. The molecule has 0 heterocycles. The second-order valence-electron chi connectivity index (χ2n) is 3.67. The number of benzene rings is 1. The summed E-state index contributed by atoms with van der Waals surface area (Å²) < 4.78 is 11.0. The van der Waals surface area contributed by atoms with Gasteiger partial charge in [-0.15, -0.1) is 0 Å². The van der Waals surface area contributed by atoms with Crippen LogP contribution in [-0.2, 0) is 4.79 Å². The van der Waals surface area contributed by atoms with Crippen molar-refractivity contribution in [1.29, 1.82) is 0 Å². The van der Waals surface area contributed by atoms with Gasteiger partial charge in [0.25, 0.3) is 5.91 Å². The maximum atomic E-state index is 11.4. The summed E-state index contributed by atoms with van der Waals surface area (Å²) in [7, 11) is 2.90. The topological polar surface area (TPSA) is 84.9 Å². The third-order valence-corrected chi connectivity index (χ3v) is 2.98. The van der Waals surface area contributed by atoms with E-state index in [0.717, 1.165) is 0 Å². The van der Waals surface area contributed by atoms with Gasteiger partial charge < -0.3 is 19.9 Å². The van der Waals surface area contributed by atoms with Gasteiger partial charge in [-0.1, -0.05) is 0 Å². The van der Waals surface area contributed by atoms with E-state index < -0.39 is 12.1 Å². The minimum atomic E-state index is -1.08. The van der Waals surface area contributed by atoms with Gasteiger partial charge in [0.2, 0.25) is 0 Å². The largest absolute Gasteiger partial charge is 0.493 e. The molecule has 0 radical (unpaired) electrons. The molecule has 1 atom stereocenters. The van der Waals surface area contributed by atoms with E-state index in [4.69, 9.17) is 14.6 Å². The number of ether oxygens (including phenoxy) is 2. The zero-order chi connectivity index (χ0) is 14.6.